The maximum atomic E-state index is 13.1. The van der Waals surface area contributed by atoms with Crippen LogP contribution >= 0.6 is 11.3 Å². The number of halogens is 6. The molecule has 0 aliphatic rings. The average Bonchev–Trinajstić information content (AvgIpc) is 3.08. The lowest BCUT2D eigenvalue weighted by atomic mass is 9.88. The van der Waals surface area contributed by atoms with Gasteiger partial charge in [-0.1, -0.05) is 42.5 Å². The molecular weight excluding hydrogens is 374 g/mol. The van der Waals surface area contributed by atoms with Gasteiger partial charge in [0.05, 0.1) is 11.1 Å². The van der Waals surface area contributed by atoms with Crippen LogP contribution in [-0.4, -0.2) is 0 Å². The molecule has 0 atom stereocenters. The zero-order valence-electron chi connectivity index (χ0n) is 13.1. The summed E-state index contributed by atoms with van der Waals surface area (Å²) in [5.41, 5.74) is -1.07. The third kappa shape index (κ3) is 3.93. The van der Waals surface area contributed by atoms with Crippen LogP contribution in [0.1, 0.15) is 33.0 Å². The molecule has 136 valence electrons. The maximum Gasteiger partial charge on any atom is 0.416 e. The van der Waals surface area contributed by atoms with Gasteiger partial charge in [-0.05, 0) is 34.7 Å². The Morgan fingerprint density at radius 2 is 1.15 bits per heavy atom. The first kappa shape index (κ1) is 18.5. The Morgan fingerprint density at radius 1 is 0.654 bits per heavy atom. The molecule has 0 fully saturated rings. The van der Waals surface area contributed by atoms with Crippen molar-refractivity contribution >= 4 is 11.3 Å². The quantitative estimate of drug-likeness (QED) is 0.427. The van der Waals surface area contributed by atoms with Gasteiger partial charge in [0.1, 0.15) is 0 Å². The van der Waals surface area contributed by atoms with Crippen molar-refractivity contribution in [3.8, 4) is 0 Å². The molecule has 3 rings (SSSR count). The van der Waals surface area contributed by atoms with E-state index in [4.69, 9.17) is 0 Å². The third-order valence-corrected chi connectivity index (χ3v) is 4.86. The van der Waals surface area contributed by atoms with Crippen LogP contribution in [0.15, 0.2) is 66.0 Å². The Kier molecular flexibility index (Phi) is 4.84. The number of hydrogen-bond donors (Lipinski definition) is 0. The third-order valence-electron chi connectivity index (χ3n) is 3.92. The Balaban J connectivity index is 2.15. The lowest BCUT2D eigenvalue weighted by molar-refractivity contribution is -0.138. The van der Waals surface area contributed by atoms with Crippen molar-refractivity contribution in [3.63, 3.8) is 0 Å². The topological polar surface area (TPSA) is 0 Å². The van der Waals surface area contributed by atoms with Gasteiger partial charge in [-0.2, -0.15) is 26.3 Å². The summed E-state index contributed by atoms with van der Waals surface area (Å²) in [6.45, 7) is 0. The number of rotatable bonds is 3. The fourth-order valence-corrected chi connectivity index (χ4v) is 3.65. The van der Waals surface area contributed by atoms with Gasteiger partial charge >= 0.3 is 12.4 Å². The van der Waals surface area contributed by atoms with Gasteiger partial charge in [0, 0.05) is 10.8 Å². The monoisotopic (exact) mass is 386 g/mol. The molecule has 0 bridgehead atoms. The summed E-state index contributed by atoms with van der Waals surface area (Å²) in [6.07, 6.45) is -9.05. The van der Waals surface area contributed by atoms with Gasteiger partial charge in [0.25, 0.3) is 0 Å². The van der Waals surface area contributed by atoms with Crippen LogP contribution in [0.4, 0.5) is 26.3 Å². The molecule has 0 unspecified atom stereocenters. The molecule has 0 amide bonds. The standard InChI is InChI=1S/C19H12F6S/c20-18(21,22)14-6-1-4-12(10-14)17(16-8-3-9-26-16)13-5-2-7-15(11-13)19(23,24)25/h1-11,17H. The van der Waals surface area contributed by atoms with Crippen LogP contribution in [0.2, 0.25) is 0 Å². The predicted octanol–water partition coefficient (Wildman–Crippen LogP) is 6.97. The summed E-state index contributed by atoms with van der Waals surface area (Å²) in [7, 11) is 0. The Morgan fingerprint density at radius 3 is 1.54 bits per heavy atom. The molecule has 3 aromatic rings. The summed E-state index contributed by atoms with van der Waals surface area (Å²) >= 11 is 1.28. The number of thiophene rings is 1. The van der Waals surface area contributed by atoms with Gasteiger partial charge in [0.15, 0.2) is 0 Å². The molecule has 7 heteroatoms. The highest BCUT2D eigenvalue weighted by molar-refractivity contribution is 7.10. The summed E-state index contributed by atoms with van der Waals surface area (Å²) in [4.78, 5) is 0.670. The van der Waals surface area contributed by atoms with Gasteiger partial charge in [-0.3, -0.25) is 0 Å². The van der Waals surface area contributed by atoms with E-state index in [1.54, 1.807) is 17.5 Å². The van der Waals surface area contributed by atoms with Gasteiger partial charge in [0.2, 0.25) is 0 Å². The fourth-order valence-electron chi connectivity index (χ4n) is 2.77. The lowest BCUT2D eigenvalue weighted by Crippen LogP contribution is -2.10. The van der Waals surface area contributed by atoms with E-state index in [-0.39, 0.29) is 0 Å². The number of hydrogen-bond acceptors (Lipinski definition) is 1. The van der Waals surface area contributed by atoms with Gasteiger partial charge in [-0.25, -0.2) is 0 Å². The second-order valence-electron chi connectivity index (χ2n) is 5.69. The Bertz CT molecular complexity index is 820. The van der Waals surface area contributed by atoms with Crippen molar-refractivity contribution in [3.05, 3.63) is 93.2 Å². The van der Waals surface area contributed by atoms with Crippen LogP contribution in [0.5, 0.6) is 0 Å². The van der Waals surface area contributed by atoms with E-state index in [0.717, 1.165) is 24.3 Å². The zero-order valence-corrected chi connectivity index (χ0v) is 13.9. The van der Waals surface area contributed by atoms with Gasteiger partial charge in [-0.15, -0.1) is 11.3 Å². The van der Waals surface area contributed by atoms with E-state index in [9.17, 15) is 26.3 Å². The van der Waals surface area contributed by atoms with Crippen LogP contribution in [-0.2, 0) is 12.4 Å². The van der Waals surface area contributed by atoms with E-state index in [0.29, 0.717) is 16.0 Å². The summed E-state index contributed by atoms with van der Waals surface area (Å²) in [6, 6.07) is 12.8. The van der Waals surface area contributed by atoms with Crippen molar-refractivity contribution in [1.82, 2.24) is 0 Å². The van der Waals surface area contributed by atoms with Crippen LogP contribution in [0, 0.1) is 0 Å². The van der Waals surface area contributed by atoms with E-state index in [2.05, 4.69) is 0 Å². The van der Waals surface area contributed by atoms with E-state index >= 15 is 0 Å². The van der Waals surface area contributed by atoms with Crippen molar-refractivity contribution < 1.29 is 26.3 Å². The molecule has 0 N–H and O–H groups in total. The largest absolute Gasteiger partial charge is 0.416 e. The molecule has 0 aliphatic carbocycles. The lowest BCUT2D eigenvalue weighted by Gasteiger charge is -2.19. The second kappa shape index (κ2) is 6.79. The first-order chi connectivity index (χ1) is 12.2. The first-order valence-electron chi connectivity index (χ1n) is 7.54. The molecule has 0 radical (unpaired) electrons. The summed E-state index contributed by atoms with van der Waals surface area (Å²) < 4.78 is 78.3. The van der Waals surface area contributed by atoms with E-state index in [1.165, 1.54) is 35.6 Å². The molecule has 0 saturated heterocycles. The van der Waals surface area contributed by atoms with Crippen LogP contribution < -0.4 is 0 Å². The minimum Gasteiger partial charge on any atom is -0.166 e. The molecule has 0 saturated carbocycles. The molecule has 1 aromatic heterocycles. The van der Waals surface area contributed by atoms with Crippen LogP contribution in [0.25, 0.3) is 0 Å². The first-order valence-corrected chi connectivity index (χ1v) is 8.42. The van der Waals surface area contributed by atoms with E-state index < -0.39 is 29.4 Å². The van der Waals surface area contributed by atoms with E-state index in [1.807, 2.05) is 0 Å². The highest BCUT2D eigenvalue weighted by atomic mass is 32.1. The molecule has 0 nitrogen and oxygen atoms in total. The normalized spacial score (nSPS) is 12.6. The summed E-state index contributed by atoms with van der Waals surface area (Å²) in [5.74, 6) is -0.709. The average molecular weight is 386 g/mol. The minimum atomic E-state index is -4.52. The van der Waals surface area contributed by atoms with Crippen molar-refractivity contribution in [2.75, 3.05) is 0 Å². The highest BCUT2D eigenvalue weighted by Crippen LogP contribution is 2.39. The molecule has 0 aliphatic heterocycles. The predicted molar refractivity (Wildman–Crippen MR) is 88.2 cm³/mol. The fraction of sp³-hybridized carbons (Fsp3) is 0.158. The van der Waals surface area contributed by atoms with Crippen molar-refractivity contribution in [1.29, 1.82) is 0 Å². The number of alkyl halides is 6. The molecule has 0 spiro atoms. The zero-order chi connectivity index (χ0) is 18.9. The molecule has 1 heterocycles. The highest BCUT2D eigenvalue weighted by Gasteiger charge is 2.33. The Hall–Kier alpha value is -2.28. The second-order valence-corrected chi connectivity index (χ2v) is 6.67. The molecular formula is C19H12F6S. The van der Waals surface area contributed by atoms with Crippen LogP contribution in [0.3, 0.4) is 0 Å². The molecule has 2 aromatic carbocycles. The number of benzene rings is 2. The van der Waals surface area contributed by atoms with Crippen molar-refractivity contribution in [2.24, 2.45) is 0 Å². The summed E-state index contributed by atoms with van der Waals surface area (Å²) in [5, 5.41) is 1.74. The van der Waals surface area contributed by atoms with Gasteiger partial charge < -0.3 is 0 Å². The van der Waals surface area contributed by atoms with Crippen molar-refractivity contribution in [2.45, 2.75) is 18.3 Å². The minimum absolute atomic E-state index is 0.293. The maximum absolute atomic E-state index is 13.1. The smallest absolute Gasteiger partial charge is 0.166 e. The Labute approximate surface area is 149 Å². The molecule has 26 heavy (non-hydrogen) atoms. The SMILES string of the molecule is FC(F)(F)c1cccc(C(c2cccc(C(F)(F)F)c2)c2cccs2)c1.